The number of benzene rings is 2. The highest BCUT2D eigenvalue weighted by Crippen LogP contribution is 2.37. The standard InChI is InChI=1S/C21H30O2Si/c1-21(2,3)24(5,6)23-16-18-12-13-19(20(15-18)22-4)14-17-10-8-7-9-11-17/h7-13,15H,14,16H2,1-6H3. The maximum Gasteiger partial charge on any atom is 0.192 e. The Labute approximate surface area is 148 Å². The van der Waals surface area contributed by atoms with Gasteiger partial charge in [0.1, 0.15) is 5.75 Å². The molecule has 0 N–H and O–H groups in total. The van der Waals surface area contributed by atoms with Gasteiger partial charge >= 0.3 is 0 Å². The molecule has 0 aromatic heterocycles. The van der Waals surface area contributed by atoms with Crippen LogP contribution in [0.15, 0.2) is 48.5 Å². The summed E-state index contributed by atoms with van der Waals surface area (Å²) in [6, 6.07) is 16.9. The molecule has 2 aromatic carbocycles. The summed E-state index contributed by atoms with van der Waals surface area (Å²) >= 11 is 0. The lowest BCUT2D eigenvalue weighted by Crippen LogP contribution is -2.40. The second kappa shape index (κ2) is 7.54. The lowest BCUT2D eigenvalue weighted by atomic mass is 10.0. The van der Waals surface area contributed by atoms with Crippen LogP contribution < -0.4 is 4.74 Å². The smallest absolute Gasteiger partial charge is 0.192 e. The van der Waals surface area contributed by atoms with Crippen LogP contribution in [0, 0.1) is 0 Å². The normalized spacial score (nSPS) is 12.2. The zero-order chi connectivity index (χ0) is 17.8. The van der Waals surface area contributed by atoms with Crippen molar-refractivity contribution in [3.8, 4) is 5.75 Å². The molecular weight excluding hydrogens is 312 g/mol. The van der Waals surface area contributed by atoms with Gasteiger partial charge in [-0.25, -0.2) is 0 Å². The first-order valence-electron chi connectivity index (χ1n) is 8.56. The van der Waals surface area contributed by atoms with Gasteiger partial charge in [0, 0.05) is 6.42 Å². The van der Waals surface area contributed by atoms with Gasteiger partial charge in [0.15, 0.2) is 8.32 Å². The quantitative estimate of drug-likeness (QED) is 0.617. The van der Waals surface area contributed by atoms with E-state index in [0.717, 1.165) is 12.2 Å². The third kappa shape index (κ3) is 4.71. The Bertz CT molecular complexity index is 657. The third-order valence-electron chi connectivity index (χ3n) is 4.99. The molecule has 3 heteroatoms. The highest BCUT2D eigenvalue weighted by atomic mass is 28.4. The average molecular weight is 343 g/mol. The van der Waals surface area contributed by atoms with E-state index in [-0.39, 0.29) is 5.04 Å². The molecule has 0 atom stereocenters. The molecule has 0 unspecified atom stereocenters. The van der Waals surface area contributed by atoms with E-state index in [1.54, 1.807) is 7.11 Å². The Morgan fingerprint density at radius 2 is 1.58 bits per heavy atom. The molecule has 2 aromatic rings. The second-order valence-electron chi connectivity index (χ2n) is 7.86. The molecule has 0 spiro atoms. The zero-order valence-corrected chi connectivity index (χ0v) is 16.8. The summed E-state index contributed by atoms with van der Waals surface area (Å²) in [4.78, 5) is 0. The maximum atomic E-state index is 6.32. The maximum absolute atomic E-state index is 6.32. The molecule has 24 heavy (non-hydrogen) atoms. The van der Waals surface area contributed by atoms with E-state index >= 15 is 0 Å². The van der Waals surface area contributed by atoms with Crippen molar-refractivity contribution in [3.63, 3.8) is 0 Å². The number of methoxy groups -OCH3 is 1. The van der Waals surface area contributed by atoms with Crippen LogP contribution in [0.5, 0.6) is 5.75 Å². The van der Waals surface area contributed by atoms with Crippen LogP contribution >= 0.6 is 0 Å². The molecule has 0 amide bonds. The van der Waals surface area contributed by atoms with Crippen LogP contribution in [-0.4, -0.2) is 15.4 Å². The Morgan fingerprint density at radius 1 is 0.917 bits per heavy atom. The Morgan fingerprint density at radius 3 is 2.17 bits per heavy atom. The first kappa shape index (κ1) is 18.8. The van der Waals surface area contributed by atoms with E-state index in [4.69, 9.17) is 9.16 Å². The monoisotopic (exact) mass is 342 g/mol. The number of rotatable bonds is 6. The van der Waals surface area contributed by atoms with E-state index in [1.165, 1.54) is 16.7 Å². The molecule has 0 radical (unpaired) electrons. The predicted octanol–water partition coefficient (Wildman–Crippen LogP) is 5.81. The highest BCUT2D eigenvalue weighted by molar-refractivity contribution is 6.74. The van der Waals surface area contributed by atoms with Crippen LogP contribution in [0.1, 0.15) is 37.5 Å². The van der Waals surface area contributed by atoms with E-state index in [9.17, 15) is 0 Å². The second-order valence-corrected chi connectivity index (χ2v) is 12.7. The number of hydrogen-bond acceptors (Lipinski definition) is 2. The average Bonchev–Trinajstić information content (AvgIpc) is 2.54. The van der Waals surface area contributed by atoms with Crippen molar-refractivity contribution >= 4 is 8.32 Å². The van der Waals surface area contributed by atoms with Crippen molar-refractivity contribution in [1.82, 2.24) is 0 Å². The molecule has 0 saturated carbocycles. The Kier molecular flexibility index (Phi) is 5.89. The van der Waals surface area contributed by atoms with Crippen LogP contribution in [0.4, 0.5) is 0 Å². The first-order valence-corrected chi connectivity index (χ1v) is 11.5. The highest BCUT2D eigenvalue weighted by Gasteiger charge is 2.37. The zero-order valence-electron chi connectivity index (χ0n) is 15.8. The fourth-order valence-electron chi connectivity index (χ4n) is 2.32. The molecule has 2 nitrogen and oxygen atoms in total. The van der Waals surface area contributed by atoms with Crippen LogP contribution in [0.3, 0.4) is 0 Å². The fourth-order valence-corrected chi connectivity index (χ4v) is 3.28. The lowest BCUT2D eigenvalue weighted by Gasteiger charge is -2.36. The van der Waals surface area contributed by atoms with E-state index in [0.29, 0.717) is 6.61 Å². The summed E-state index contributed by atoms with van der Waals surface area (Å²) in [7, 11) is 0.00777. The molecule has 0 heterocycles. The van der Waals surface area contributed by atoms with Gasteiger partial charge in [-0.1, -0.05) is 63.2 Å². The molecule has 0 aliphatic carbocycles. The van der Waals surface area contributed by atoms with Crippen molar-refractivity contribution in [2.24, 2.45) is 0 Å². The summed E-state index contributed by atoms with van der Waals surface area (Å²) in [5, 5.41) is 0.227. The van der Waals surface area contributed by atoms with Crippen LogP contribution in [0.2, 0.25) is 18.1 Å². The first-order chi connectivity index (χ1) is 11.2. The molecule has 0 saturated heterocycles. The minimum atomic E-state index is -1.73. The molecular formula is C21H30O2Si. The van der Waals surface area contributed by atoms with E-state index in [1.807, 2.05) is 6.07 Å². The van der Waals surface area contributed by atoms with Gasteiger partial charge in [-0.3, -0.25) is 0 Å². The summed E-state index contributed by atoms with van der Waals surface area (Å²) in [5.74, 6) is 0.940. The van der Waals surface area contributed by atoms with Crippen molar-refractivity contribution in [1.29, 1.82) is 0 Å². The minimum absolute atomic E-state index is 0.227. The number of hydrogen-bond donors (Lipinski definition) is 0. The fraction of sp³-hybridized carbons (Fsp3) is 0.429. The van der Waals surface area contributed by atoms with Gasteiger partial charge in [-0.05, 0) is 40.9 Å². The van der Waals surface area contributed by atoms with E-state index < -0.39 is 8.32 Å². The minimum Gasteiger partial charge on any atom is -0.496 e. The SMILES string of the molecule is COc1cc(CO[Si](C)(C)C(C)(C)C)ccc1Cc1ccccc1. The molecule has 130 valence electrons. The van der Waals surface area contributed by atoms with Crippen molar-refractivity contribution in [2.45, 2.75) is 51.9 Å². The predicted molar refractivity (Wildman–Crippen MR) is 104 cm³/mol. The molecule has 0 aliphatic heterocycles. The van der Waals surface area contributed by atoms with Gasteiger partial charge in [-0.2, -0.15) is 0 Å². The summed E-state index contributed by atoms with van der Waals surface area (Å²) in [6.45, 7) is 12.0. The van der Waals surface area contributed by atoms with Crippen molar-refractivity contribution in [3.05, 3.63) is 65.2 Å². The van der Waals surface area contributed by atoms with Crippen molar-refractivity contribution in [2.75, 3.05) is 7.11 Å². The summed E-state index contributed by atoms with van der Waals surface area (Å²) < 4.78 is 11.9. The summed E-state index contributed by atoms with van der Waals surface area (Å²) in [5.41, 5.74) is 3.68. The molecule has 2 rings (SSSR count). The van der Waals surface area contributed by atoms with Crippen molar-refractivity contribution < 1.29 is 9.16 Å². The lowest BCUT2D eigenvalue weighted by molar-refractivity contribution is 0.275. The van der Waals surface area contributed by atoms with Crippen LogP contribution in [0.25, 0.3) is 0 Å². The topological polar surface area (TPSA) is 18.5 Å². The van der Waals surface area contributed by atoms with Gasteiger partial charge in [0.2, 0.25) is 0 Å². The number of ether oxygens (including phenoxy) is 1. The largest absolute Gasteiger partial charge is 0.496 e. The molecule has 0 bridgehead atoms. The van der Waals surface area contributed by atoms with Gasteiger partial charge < -0.3 is 9.16 Å². The molecule has 0 fully saturated rings. The Balaban J connectivity index is 2.11. The molecule has 0 aliphatic rings. The van der Waals surface area contributed by atoms with E-state index in [2.05, 4.69) is 76.3 Å². The van der Waals surface area contributed by atoms with Crippen LogP contribution in [-0.2, 0) is 17.5 Å². The van der Waals surface area contributed by atoms with Gasteiger partial charge in [0.05, 0.1) is 13.7 Å². The van der Waals surface area contributed by atoms with Gasteiger partial charge in [0.25, 0.3) is 0 Å². The summed E-state index contributed by atoms with van der Waals surface area (Å²) in [6.07, 6.45) is 0.882. The van der Waals surface area contributed by atoms with Gasteiger partial charge in [-0.15, -0.1) is 0 Å². The Hall–Kier alpha value is -1.58. The third-order valence-corrected chi connectivity index (χ3v) is 9.47.